The van der Waals surface area contributed by atoms with Gasteiger partial charge in [0, 0.05) is 23.0 Å². The van der Waals surface area contributed by atoms with Crippen molar-refractivity contribution in [2.24, 2.45) is 0 Å². The van der Waals surface area contributed by atoms with E-state index < -0.39 is 10.8 Å². The summed E-state index contributed by atoms with van der Waals surface area (Å²) in [4.78, 5) is 4.67. The van der Waals surface area contributed by atoms with Crippen LogP contribution in [0.15, 0.2) is 35.8 Å². The first-order valence-corrected chi connectivity index (χ1v) is 5.68. The maximum absolute atomic E-state index is 11.5. The number of hydrogen-bond donors (Lipinski definition) is 1. The molecule has 0 radical (unpaired) electrons. The number of pyridine rings is 1. The Hall–Kier alpha value is -1.65. The second-order valence-electron chi connectivity index (χ2n) is 3.32. The molecule has 4 heteroatoms. The Labute approximate surface area is 88.4 Å². The molecule has 74 valence electrons. The average Bonchev–Trinajstić information content (AvgIpc) is 2.61. The highest BCUT2D eigenvalue weighted by Crippen LogP contribution is 2.35. The van der Waals surface area contributed by atoms with Gasteiger partial charge >= 0.3 is 0 Å². The lowest BCUT2D eigenvalue weighted by atomic mass is 10.1. The molecule has 0 spiro atoms. The molecule has 0 saturated carbocycles. The van der Waals surface area contributed by atoms with Crippen molar-refractivity contribution in [2.75, 3.05) is 0 Å². The molecule has 0 aliphatic heterocycles. The summed E-state index contributed by atoms with van der Waals surface area (Å²) in [6.07, 6.45) is 1.64. The highest BCUT2D eigenvalue weighted by atomic mass is 32.2. The first-order valence-electron chi connectivity index (χ1n) is 4.47. The van der Waals surface area contributed by atoms with E-state index in [0.29, 0.717) is 4.83 Å². The van der Waals surface area contributed by atoms with Crippen LogP contribution in [0.1, 0.15) is 0 Å². The molecule has 1 atom stereocenters. The fourth-order valence-corrected chi connectivity index (χ4v) is 2.70. The van der Waals surface area contributed by atoms with Crippen molar-refractivity contribution in [1.29, 1.82) is 0 Å². The lowest BCUT2D eigenvalue weighted by molar-refractivity contribution is 0.482. The van der Waals surface area contributed by atoms with Crippen molar-refractivity contribution in [1.82, 2.24) is 4.98 Å². The second kappa shape index (κ2) is 2.92. The fourth-order valence-electron chi connectivity index (χ4n) is 1.77. The van der Waals surface area contributed by atoms with Gasteiger partial charge in [-0.25, -0.2) is 4.98 Å². The summed E-state index contributed by atoms with van der Waals surface area (Å²) in [6.45, 7) is 0. The zero-order valence-corrected chi connectivity index (χ0v) is 8.49. The Bertz CT molecular complexity index is 660. The monoisotopic (exact) mass is 217 g/mol. The quantitative estimate of drug-likeness (QED) is 0.589. The summed E-state index contributed by atoms with van der Waals surface area (Å²) >= 11 is 0. The topological polar surface area (TPSA) is 56.2 Å². The molecule has 1 aromatic carbocycles. The van der Waals surface area contributed by atoms with E-state index in [4.69, 9.17) is 0 Å². The molecule has 3 nitrogen and oxygen atoms in total. The van der Waals surface area contributed by atoms with Crippen LogP contribution in [0.25, 0.3) is 21.0 Å². The van der Waals surface area contributed by atoms with Crippen LogP contribution >= 0.6 is 10.8 Å². The van der Waals surface area contributed by atoms with Gasteiger partial charge in [0.2, 0.25) is 0 Å². The molecule has 0 aliphatic carbocycles. The first kappa shape index (κ1) is 8.64. The number of aromatic hydroxyl groups is 1. The van der Waals surface area contributed by atoms with Crippen LogP contribution in [0.5, 0.6) is 5.75 Å². The minimum absolute atomic E-state index is 0.203. The molecule has 0 aliphatic rings. The first-order chi connectivity index (χ1) is 7.27. The number of phenols is 1. The predicted octanol–water partition coefficient (Wildman–Crippen LogP) is 2.82. The fraction of sp³-hybridized carbons (Fsp3) is 0. The van der Waals surface area contributed by atoms with Gasteiger partial charge in [0.05, 0.1) is 5.39 Å². The number of phenolic OH excluding ortho intramolecular Hbond substituents is 1. The van der Waals surface area contributed by atoms with E-state index in [1.165, 1.54) is 0 Å². The number of benzene rings is 1. The number of thiophene rings is 1. The van der Waals surface area contributed by atoms with Gasteiger partial charge in [-0.3, -0.25) is 0 Å². The zero-order valence-electron chi connectivity index (χ0n) is 7.68. The Morgan fingerprint density at radius 2 is 2.13 bits per heavy atom. The van der Waals surface area contributed by atoms with Crippen LogP contribution in [0, 0.1) is 0 Å². The summed E-state index contributed by atoms with van der Waals surface area (Å²) in [5, 5.41) is 13.7. The highest BCUT2D eigenvalue weighted by Gasteiger charge is 2.12. The number of hydrogen-bond acceptors (Lipinski definition) is 3. The van der Waals surface area contributed by atoms with Crippen molar-refractivity contribution in [3.05, 3.63) is 35.8 Å². The largest absolute Gasteiger partial charge is 0.589 e. The summed E-state index contributed by atoms with van der Waals surface area (Å²) in [5.74, 6) is 0.203. The molecule has 3 aromatic rings. The van der Waals surface area contributed by atoms with Gasteiger partial charge in [0.15, 0.2) is 0 Å². The van der Waals surface area contributed by atoms with Gasteiger partial charge in [0.1, 0.15) is 11.1 Å². The third-order valence-corrected chi connectivity index (χ3v) is 3.53. The van der Waals surface area contributed by atoms with Crippen molar-refractivity contribution in [3.63, 3.8) is 0 Å². The van der Waals surface area contributed by atoms with E-state index in [0.717, 1.165) is 16.2 Å². The number of rotatable bonds is 0. The van der Waals surface area contributed by atoms with E-state index >= 15 is 0 Å². The molecule has 0 bridgehead atoms. The van der Waals surface area contributed by atoms with Gasteiger partial charge in [-0.15, -0.1) is 0 Å². The third-order valence-electron chi connectivity index (χ3n) is 2.44. The van der Waals surface area contributed by atoms with Crippen molar-refractivity contribution in [2.45, 2.75) is 0 Å². The van der Waals surface area contributed by atoms with Gasteiger partial charge in [0.25, 0.3) is 4.83 Å². The number of nitrogens with zero attached hydrogens (tertiary/aromatic N) is 1. The smallest absolute Gasteiger partial charge is 0.273 e. The molecule has 1 unspecified atom stereocenters. The summed E-state index contributed by atoms with van der Waals surface area (Å²) in [5.41, 5.74) is 0. The molecule has 0 fully saturated rings. The Kier molecular flexibility index (Phi) is 1.68. The minimum atomic E-state index is -1.16. The Balaban J connectivity index is 2.64. The molecule has 1 N–H and O–H groups in total. The van der Waals surface area contributed by atoms with Gasteiger partial charge in [-0.2, -0.15) is 0 Å². The van der Waals surface area contributed by atoms with Crippen LogP contribution in [-0.2, 0) is 0 Å². The Morgan fingerprint density at radius 1 is 1.27 bits per heavy atom. The average molecular weight is 217 g/mol. The van der Waals surface area contributed by atoms with E-state index in [1.54, 1.807) is 29.8 Å². The summed E-state index contributed by atoms with van der Waals surface area (Å²) in [6, 6.07) is 7.01. The second-order valence-corrected chi connectivity index (χ2v) is 4.57. The van der Waals surface area contributed by atoms with Gasteiger partial charge < -0.3 is 9.66 Å². The maximum Gasteiger partial charge on any atom is 0.273 e. The molecule has 15 heavy (non-hydrogen) atoms. The number of fused-ring (bicyclic) bond motifs is 3. The predicted molar refractivity (Wildman–Crippen MR) is 59.6 cm³/mol. The zero-order chi connectivity index (χ0) is 10.4. The van der Waals surface area contributed by atoms with E-state index in [1.807, 2.05) is 6.07 Å². The Morgan fingerprint density at radius 3 is 3.00 bits per heavy atom. The maximum atomic E-state index is 11.5. The molecular formula is C11H7NO2S. The number of aromatic nitrogens is 1. The van der Waals surface area contributed by atoms with Crippen molar-refractivity contribution >= 4 is 31.7 Å². The molecule has 0 amide bonds. The SMILES string of the molecule is [O-][s+]1ccc2c3c(O)cccc3cnc21. The molecule has 2 heterocycles. The van der Waals surface area contributed by atoms with Crippen LogP contribution in [0.2, 0.25) is 0 Å². The lowest BCUT2D eigenvalue weighted by Gasteiger charge is -2.00. The van der Waals surface area contributed by atoms with Crippen LogP contribution < -0.4 is 0 Å². The van der Waals surface area contributed by atoms with Crippen molar-refractivity contribution < 1.29 is 9.66 Å². The normalized spacial score (nSPS) is 12.5. The summed E-state index contributed by atoms with van der Waals surface area (Å²) in [7, 11) is -1.16. The van der Waals surface area contributed by atoms with E-state index in [-0.39, 0.29) is 5.75 Å². The minimum Gasteiger partial charge on any atom is -0.589 e. The van der Waals surface area contributed by atoms with Crippen LogP contribution in [0.4, 0.5) is 0 Å². The van der Waals surface area contributed by atoms with Gasteiger partial charge in [-0.05, 0) is 16.8 Å². The highest BCUT2D eigenvalue weighted by molar-refractivity contribution is 7.29. The summed E-state index contributed by atoms with van der Waals surface area (Å²) < 4.78 is 11.5. The molecule has 2 aromatic heterocycles. The van der Waals surface area contributed by atoms with Crippen LogP contribution in [-0.4, -0.2) is 14.6 Å². The molecule has 3 rings (SSSR count). The van der Waals surface area contributed by atoms with Crippen molar-refractivity contribution in [3.8, 4) is 5.75 Å². The van der Waals surface area contributed by atoms with E-state index in [2.05, 4.69) is 4.98 Å². The lowest BCUT2D eigenvalue weighted by Crippen LogP contribution is -1.78. The standard InChI is InChI=1S/C11H7NO2S/c13-9-3-1-2-7-6-12-11-8(10(7)9)4-5-15(11)14/h1-6,13H. The van der Waals surface area contributed by atoms with Gasteiger partial charge in [-0.1, -0.05) is 12.1 Å². The third kappa shape index (κ3) is 1.12. The molecular weight excluding hydrogens is 210 g/mol. The van der Waals surface area contributed by atoms with Crippen LogP contribution in [0.3, 0.4) is 0 Å². The molecule has 0 saturated heterocycles. The van der Waals surface area contributed by atoms with E-state index in [9.17, 15) is 9.66 Å².